The van der Waals surface area contributed by atoms with Crippen molar-refractivity contribution in [2.75, 3.05) is 7.05 Å². The van der Waals surface area contributed by atoms with Gasteiger partial charge in [0.2, 0.25) is 0 Å². The van der Waals surface area contributed by atoms with E-state index in [0.29, 0.717) is 12.2 Å². The van der Waals surface area contributed by atoms with Crippen LogP contribution < -0.4 is 0 Å². The monoisotopic (exact) mass is 356 g/mol. The smallest absolute Gasteiger partial charge is 0.323 e. The molecule has 1 amide bonds. The van der Waals surface area contributed by atoms with Crippen molar-refractivity contribution in [3.63, 3.8) is 0 Å². The summed E-state index contributed by atoms with van der Waals surface area (Å²) in [6.07, 6.45) is 1.59. The molecule has 0 fully saturated rings. The Morgan fingerprint density at radius 2 is 2.25 bits per heavy atom. The van der Waals surface area contributed by atoms with Crippen molar-refractivity contribution in [1.82, 2.24) is 9.47 Å². The highest BCUT2D eigenvalue weighted by molar-refractivity contribution is 9.11. The maximum Gasteiger partial charge on any atom is 0.323 e. The minimum atomic E-state index is -0.973. The van der Waals surface area contributed by atoms with E-state index < -0.39 is 5.97 Å². The molecule has 0 atom stereocenters. The van der Waals surface area contributed by atoms with E-state index in [2.05, 4.69) is 15.9 Å². The molecule has 0 aliphatic rings. The van der Waals surface area contributed by atoms with E-state index in [-0.39, 0.29) is 12.5 Å². The predicted octanol–water partition coefficient (Wildman–Crippen LogP) is 2.67. The van der Waals surface area contributed by atoms with Gasteiger partial charge in [0, 0.05) is 19.8 Å². The van der Waals surface area contributed by atoms with Gasteiger partial charge >= 0.3 is 5.97 Å². The van der Waals surface area contributed by atoms with E-state index >= 15 is 0 Å². The molecular weight excluding hydrogens is 344 g/mol. The molecule has 0 saturated carbocycles. The Bertz CT molecular complexity index is 635. The topological polar surface area (TPSA) is 62.5 Å². The SMILES string of the molecule is CN(Cc1csc(Br)c1)C(=O)c1cccn1CC(=O)O. The first-order valence-corrected chi connectivity index (χ1v) is 7.50. The number of hydrogen-bond donors (Lipinski definition) is 1. The van der Waals surface area contributed by atoms with Gasteiger partial charge in [0.15, 0.2) is 0 Å². The van der Waals surface area contributed by atoms with E-state index in [0.717, 1.165) is 9.35 Å². The van der Waals surface area contributed by atoms with Gasteiger partial charge in [0.05, 0.1) is 3.79 Å². The van der Waals surface area contributed by atoms with E-state index in [9.17, 15) is 9.59 Å². The third-order valence-corrected chi connectivity index (χ3v) is 4.30. The van der Waals surface area contributed by atoms with Gasteiger partial charge in [-0.3, -0.25) is 9.59 Å². The van der Waals surface area contributed by atoms with Crippen molar-refractivity contribution in [2.45, 2.75) is 13.1 Å². The van der Waals surface area contributed by atoms with Crippen molar-refractivity contribution >= 4 is 39.1 Å². The largest absolute Gasteiger partial charge is 0.480 e. The zero-order chi connectivity index (χ0) is 14.7. The Balaban J connectivity index is 2.10. The summed E-state index contributed by atoms with van der Waals surface area (Å²) in [5, 5.41) is 10.8. The van der Waals surface area contributed by atoms with Crippen LogP contribution in [0.4, 0.5) is 0 Å². The van der Waals surface area contributed by atoms with E-state index in [1.165, 1.54) is 4.57 Å². The Labute approximate surface area is 128 Å². The molecule has 2 heterocycles. The number of carbonyl (C=O) groups excluding carboxylic acids is 1. The van der Waals surface area contributed by atoms with Gasteiger partial charge in [-0.2, -0.15) is 0 Å². The lowest BCUT2D eigenvalue weighted by molar-refractivity contribution is -0.137. The Morgan fingerprint density at radius 3 is 2.85 bits per heavy atom. The summed E-state index contributed by atoms with van der Waals surface area (Å²) in [7, 11) is 1.70. The molecule has 2 aromatic heterocycles. The van der Waals surface area contributed by atoms with Gasteiger partial charge in [-0.1, -0.05) is 0 Å². The molecule has 5 nitrogen and oxygen atoms in total. The molecular formula is C13H13BrN2O3S. The third kappa shape index (κ3) is 3.49. The van der Waals surface area contributed by atoms with Crippen LogP contribution in [0.3, 0.4) is 0 Å². The van der Waals surface area contributed by atoms with Gasteiger partial charge < -0.3 is 14.6 Å². The molecule has 0 radical (unpaired) electrons. The van der Waals surface area contributed by atoms with Gasteiger partial charge in [0.1, 0.15) is 12.2 Å². The molecule has 2 rings (SSSR count). The fraction of sp³-hybridized carbons (Fsp3) is 0.231. The zero-order valence-corrected chi connectivity index (χ0v) is 13.1. The van der Waals surface area contributed by atoms with Gasteiger partial charge in [-0.05, 0) is 45.1 Å². The molecule has 1 N–H and O–H groups in total. The lowest BCUT2D eigenvalue weighted by Gasteiger charge is -2.17. The number of carboxylic acids is 1. The lowest BCUT2D eigenvalue weighted by atomic mass is 10.3. The van der Waals surface area contributed by atoms with Crippen LogP contribution in [0.1, 0.15) is 16.1 Å². The molecule has 7 heteroatoms. The van der Waals surface area contributed by atoms with Gasteiger partial charge in [-0.25, -0.2) is 0 Å². The third-order valence-electron chi connectivity index (χ3n) is 2.74. The molecule has 20 heavy (non-hydrogen) atoms. The first-order chi connectivity index (χ1) is 9.47. The Kier molecular flexibility index (Phi) is 4.61. The molecule has 0 aliphatic carbocycles. The van der Waals surface area contributed by atoms with Gasteiger partial charge in [0.25, 0.3) is 5.91 Å². The average Bonchev–Trinajstić information content (AvgIpc) is 2.97. The second-order valence-electron chi connectivity index (χ2n) is 4.34. The molecule has 0 aliphatic heterocycles. The van der Waals surface area contributed by atoms with Crippen LogP contribution in [-0.2, 0) is 17.9 Å². The number of nitrogens with zero attached hydrogens (tertiary/aromatic N) is 2. The van der Waals surface area contributed by atoms with Gasteiger partial charge in [-0.15, -0.1) is 11.3 Å². The summed E-state index contributed by atoms with van der Waals surface area (Å²) < 4.78 is 2.45. The van der Waals surface area contributed by atoms with Crippen LogP contribution in [0, 0.1) is 0 Å². The van der Waals surface area contributed by atoms with Crippen LogP contribution in [0.15, 0.2) is 33.6 Å². The standard InChI is InChI=1S/C13H13BrN2O3S/c1-15(6-9-5-11(14)20-8-9)13(19)10-3-2-4-16(10)7-12(17)18/h2-5,8H,6-7H2,1H3,(H,17,18). The number of carboxylic acid groups (broad SMARTS) is 1. The highest BCUT2D eigenvalue weighted by Crippen LogP contribution is 2.22. The first-order valence-electron chi connectivity index (χ1n) is 5.82. The fourth-order valence-electron chi connectivity index (χ4n) is 1.86. The summed E-state index contributed by atoms with van der Waals surface area (Å²) in [6, 6.07) is 5.27. The molecule has 0 saturated heterocycles. The summed E-state index contributed by atoms with van der Waals surface area (Å²) in [5.41, 5.74) is 1.42. The second-order valence-corrected chi connectivity index (χ2v) is 6.63. The van der Waals surface area contributed by atoms with Crippen molar-refractivity contribution in [2.24, 2.45) is 0 Å². The maximum atomic E-state index is 12.3. The zero-order valence-electron chi connectivity index (χ0n) is 10.7. The number of amides is 1. The van der Waals surface area contributed by atoms with E-state index in [4.69, 9.17) is 5.11 Å². The number of carbonyl (C=O) groups is 2. The summed E-state index contributed by atoms with van der Waals surface area (Å²) in [5.74, 6) is -1.17. The first kappa shape index (κ1) is 14.8. The normalized spacial score (nSPS) is 10.5. The molecule has 0 unspecified atom stereocenters. The summed E-state index contributed by atoms with van der Waals surface area (Å²) in [4.78, 5) is 24.7. The number of rotatable bonds is 5. The van der Waals surface area contributed by atoms with Crippen molar-refractivity contribution < 1.29 is 14.7 Å². The second kappa shape index (κ2) is 6.23. The van der Waals surface area contributed by atoms with E-state index in [1.54, 1.807) is 41.6 Å². The van der Waals surface area contributed by atoms with Crippen LogP contribution in [-0.4, -0.2) is 33.5 Å². The van der Waals surface area contributed by atoms with Crippen LogP contribution >= 0.6 is 27.3 Å². The highest BCUT2D eigenvalue weighted by atomic mass is 79.9. The average molecular weight is 357 g/mol. The Morgan fingerprint density at radius 1 is 1.50 bits per heavy atom. The van der Waals surface area contributed by atoms with Crippen molar-refractivity contribution in [3.8, 4) is 0 Å². The summed E-state index contributed by atoms with van der Waals surface area (Å²) in [6.45, 7) is 0.269. The molecule has 0 bridgehead atoms. The summed E-state index contributed by atoms with van der Waals surface area (Å²) >= 11 is 4.95. The number of hydrogen-bond acceptors (Lipinski definition) is 3. The van der Waals surface area contributed by atoms with Crippen LogP contribution in [0.25, 0.3) is 0 Å². The lowest BCUT2D eigenvalue weighted by Crippen LogP contribution is -2.28. The van der Waals surface area contributed by atoms with Crippen LogP contribution in [0.2, 0.25) is 0 Å². The minimum absolute atomic E-state index is 0.196. The number of thiophene rings is 1. The minimum Gasteiger partial charge on any atom is -0.480 e. The number of aromatic nitrogens is 1. The van der Waals surface area contributed by atoms with Crippen molar-refractivity contribution in [3.05, 3.63) is 44.8 Å². The molecule has 106 valence electrons. The number of aliphatic carboxylic acids is 1. The Hall–Kier alpha value is -1.60. The number of halogens is 1. The maximum absolute atomic E-state index is 12.3. The molecule has 2 aromatic rings. The van der Waals surface area contributed by atoms with Crippen LogP contribution in [0.5, 0.6) is 0 Å². The predicted molar refractivity (Wildman–Crippen MR) is 79.9 cm³/mol. The fourth-order valence-corrected chi connectivity index (χ4v) is 3.06. The quantitative estimate of drug-likeness (QED) is 0.895. The molecule has 0 spiro atoms. The highest BCUT2D eigenvalue weighted by Gasteiger charge is 2.17. The van der Waals surface area contributed by atoms with E-state index in [1.807, 2.05) is 11.4 Å². The van der Waals surface area contributed by atoms with Crippen molar-refractivity contribution in [1.29, 1.82) is 0 Å². The molecule has 0 aromatic carbocycles.